The molecule has 1 heterocycles. The van der Waals surface area contributed by atoms with Gasteiger partial charge in [-0.25, -0.2) is 4.98 Å². The SMILES string of the molecule is COc1ccc(-c2nc3ccc(Cl)cc3n2OCc2ccc(Cl)cc2)cc1. The summed E-state index contributed by atoms with van der Waals surface area (Å²) >= 11 is 12.1. The van der Waals surface area contributed by atoms with Gasteiger partial charge in [-0.15, -0.1) is 0 Å². The van der Waals surface area contributed by atoms with E-state index in [1.165, 1.54) is 0 Å². The van der Waals surface area contributed by atoms with Crippen molar-refractivity contribution in [3.05, 3.63) is 82.3 Å². The van der Waals surface area contributed by atoms with E-state index in [-0.39, 0.29) is 0 Å². The third kappa shape index (κ3) is 3.72. The maximum absolute atomic E-state index is 6.19. The topological polar surface area (TPSA) is 36.3 Å². The number of hydrogen-bond donors (Lipinski definition) is 0. The quantitative estimate of drug-likeness (QED) is 0.435. The van der Waals surface area contributed by atoms with E-state index >= 15 is 0 Å². The van der Waals surface area contributed by atoms with E-state index in [0.717, 1.165) is 27.9 Å². The molecule has 6 heteroatoms. The second-order valence-corrected chi connectivity index (χ2v) is 6.86. The van der Waals surface area contributed by atoms with Gasteiger partial charge in [0.05, 0.1) is 12.6 Å². The molecule has 3 aromatic carbocycles. The summed E-state index contributed by atoms with van der Waals surface area (Å²) in [5, 5.41) is 1.32. The highest BCUT2D eigenvalue weighted by atomic mass is 35.5. The van der Waals surface area contributed by atoms with Gasteiger partial charge in [-0.1, -0.05) is 35.3 Å². The Morgan fingerprint density at radius 1 is 0.889 bits per heavy atom. The number of hydrogen-bond acceptors (Lipinski definition) is 3. The molecule has 136 valence electrons. The Morgan fingerprint density at radius 3 is 2.30 bits per heavy atom. The molecule has 27 heavy (non-hydrogen) atoms. The van der Waals surface area contributed by atoms with Crippen molar-refractivity contribution in [2.45, 2.75) is 6.61 Å². The molecular formula is C21H16Cl2N2O2. The normalized spacial score (nSPS) is 10.9. The van der Waals surface area contributed by atoms with E-state index in [2.05, 4.69) is 0 Å². The number of rotatable bonds is 5. The van der Waals surface area contributed by atoms with Crippen molar-refractivity contribution in [1.29, 1.82) is 0 Å². The van der Waals surface area contributed by atoms with Gasteiger partial charge in [0, 0.05) is 15.6 Å². The Hall–Kier alpha value is -2.69. The van der Waals surface area contributed by atoms with Crippen LogP contribution in [-0.4, -0.2) is 16.8 Å². The van der Waals surface area contributed by atoms with Crippen molar-refractivity contribution < 1.29 is 9.57 Å². The van der Waals surface area contributed by atoms with Crippen molar-refractivity contribution >= 4 is 34.2 Å². The van der Waals surface area contributed by atoms with Crippen molar-refractivity contribution in [1.82, 2.24) is 9.71 Å². The van der Waals surface area contributed by atoms with Crippen LogP contribution in [0.1, 0.15) is 5.56 Å². The summed E-state index contributed by atoms with van der Waals surface area (Å²) in [5.74, 6) is 1.48. The number of methoxy groups -OCH3 is 1. The second kappa shape index (κ2) is 7.51. The van der Waals surface area contributed by atoms with Crippen LogP contribution in [0.5, 0.6) is 5.75 Å². The molecule has 4 rings (SSSR count). The van der Waals surface area contributed by atoms with Crippen molar-refractivity contribution in [3.63, 3.8) is 0 Å². The lowest BCUT2D eigenvalue weighted by molar-refractivity contribution is 0.110. The minimum atomic E-state index is 0.373. The van der Waals surface area contributed by atoms with Gasteiger partial charge < -0.3 is 9.57 Å². The van der Waals surface area contributed by atoms with E-state index in [9.17, 15) is 0 Å². The van der Waals surface area contributed by atoms with Crippen LogP contribution in [-0.2, 0) is 6.61 Å². The van der Waals surface area contributed by atoms with Crippen LogP contribution in [0.3, 0.4) is 0 Å². The van der Waals surface area contributed by atoms with Gasteiger partial charge in [0.2, 0.25) is 0 Å². The number of fused-ring (bicyclic) bond motifs is 1. The Labute approximate surface area is 166 Å². The molecule has 0 bridgehead atoms. The second-order valence-electron chi connectivity index (χ2n) is 5.99. The molecular weight excluding hydrogens is 383 g/mol. The molecule has 0 aliphatic carbocycles. The summed E-state index contributed by atoms with van der Waals surface area (Å²) < 4.78 is 6.96. The summed E-state index contributed by atoms with van der Waals surface area (Å²) in [6.07, 6.45) is 0. The molecule has 0 unspecified atom stereocenters. The van der Waals surface area contributed by atoms with E-state index in [1.807, 2.05) is 66.7 Å². The van der Waals surface area contributed by atoms with Crippen molar-refractivity contribution in [2.75, 3.05) is 7.11 Å². The maximum atomic E-state index is 6.19. The highest BCUT2D eigenvalue weighted by Crippen LogP contribution is 2.27. The first-order chi connectivity index (χ1) is 13.1. The van der Waals surface area contributed by atoms with Crippen LogP contribution in [0, 0.1) is 0 Å². The van der Waals surface area contributed by atoms with Gasteiger partial charge in [0.25, 0.3) is 0 Å². The summed E-state index contributed by atoms with van der Waals surface area (Å²) in [6, 6.07) is 20.8. The number of aromatic nitrogens is 2. The fraction of sp³-hybridized carbons (Fsp3) is 0.0952. The van der Waals surface area contributed by atoms with E-state index < -0.39 is 0 Å². The van der Waals surface area contributed by atoms with E-state index in [1.54, 1.807) is 11.8 Å². The average molecular weight is 399 g/mol. The molecule has 0 saturated heterocycles. The predicted octanol–water partition coefficient (Wildman–Crippen LogP) is 5.65. The van der Waals surface area contributed by atoms with Crippen LogP contribution in [0.2, 0.25) is 10.0 Å². The molecule has 0 fully saturated rings. The summed E-state index contributed by atoms with van der Waals surface area (Å²) in [7, 11) is 1.64. The minimum Gasteiger partial charge on any atom is -0.497 e. The van der Waals surface area contributed by atoms with E-state index in [0.29, 0.717) is 22.5 Å². The van der Waals surface area contributed by atoms with Gasteiger partial charge in [0.15, 0.2) is 5.82 Å². The zero-order valence-electron chi connectivity index (χ0n) is 14.5. The van der Waals surface area contributed by atoms with Crippen molar-refractivity contribution in [2.24, 2.45) is 0 Å². The standard InChI is InChI=1S/C21H16Cl2N2O2/c1-26-18-9-4-15(5-10-18)21-24-19-11-8-17(23)12-20(19)25(21)27-13-14-2-6-16(22)7-3-14/h2-12H,13H2,1H3. The van der Waals surface area contributed by atoms with Gasteiger partial charge in [0.1, 0.15) is 17.9 Å². The van der Waals surface area contributed by atoms with Crippen LogP contribution >= 0.6 is 23.2 Å². The summed E-state index contributed by atoms with van der Waals surface area (Å²) in [6.45, 7) is 0.373. The highest BCUT2D eigenvalue weighted by molar-refractivity contribution is 6.31. The smallest absolute Gasteiger partial charge is 0.176 e. The number of nitrogens with zero attached hydrogens (tertiary/aromatic N) is 2. The molecule has 0 atom stereocenters. The van der Waals surface area contributed by atoms with E-state index in [4.69, 9.17) is 37.8 Å². The Kier molecular flexibility index (Phi) is 4.92. The molecule has 0 amide bonds. The molecule has 1 aromatic heterocycles. The molecule has 4 nitrogen and oxygen atoms in total. The molecule has 0 saturated carbocycles. The Bertz CT molecular complexity index is 1070. The van der Waals surface area contributed by atoms with Gasteiger partial charge >= 0.3 is 0 Å². The third-order valence-electron chi connectivity index (χ3n) is 4.20. The average Bonchev–Trinajstić information content (AvgIpc) is 3.05. The largest absolute Gasteiger partial charge is 0.497 e. The lowest BCUT2D eigenvalue weighted by Gasteiger charge is -2.12. The first-order valence-corrected chi connectivity index (χ1v) is 9.10. The number of halogens is 2. The molecule has 0 aliphatic rings. The molecule has 0 aliphatic heterocycles. The van der Waals surface area contributed by atoms with Gasteiger partial charge in [-0.3, -0.25) is 0 Å². The molecule has 0 radical (unpaired) electrons. The lowest BCUT2D eigenvalue weighted by Crippen LogP contribution is -2.12. The Balaban J connectivity index is 1.75. The zero-order chi connectivity index (χ0) is 18.8. The van der Waals surface area contributed by atoms with Gasteiger partial charge in [-0.05, 0) is 60.2 Å². The monoisotopic (exact) mass is 398 g/mol. The van der Waals surface area contributed by atoms with Gasteiger partial charge in [-0.2, -0.15) is 4.73 Å². The molecule has 0 spiro atoms. The highest BCUT2D eigenvalue weighted by Gasteiger charge is 2.15. The summed E-state index contributed by atoms with van der Waals surface area (Å²) in [5.41, 5.74) is 3.53. The van der Waals surface area contributed by atoms with Crippen LogP contribution in [0.15, 0.2) is 66.7 Å². The summed E-state index contributed by atoms with van der Waals surface area (Å²) in [4.78, 5) is 10.8. The van der Waals surface area contributed by atoms with Crippen molar-refractivity contribution in [3.8, 4) is 17.1 Å². The molecule has 0 N–H and O–H groups in total. The third-order valence-corrected chi connectivity index (χ3v) is 4.68. The number of imidazole rings is 1. The minimum absolute atomic E-state index is 0.373. The molecule has 4 aromatic rings. The first kappa shape index (κ1) is 17.7. The van der Waals surface area contributed by atoms with Crippen LogP contribution in [0.4, 0.5) is 0 Å². The number of benzene rings is 3. The fourth-order valence-electron chi connectivity index (χ4n) is 2.80. The predicted molar refractivity (Wildman–Crippen MR) is 108 cm³/mol. The fourth-order valence-corrected chi connectivity index (χ4v) is 3.09. The van der Waals surface area contributed by atoms with Crippen LogP contribution in [0.25, 0.3) is 22.4 Å². The first-order valence-electron chi connectivity index (χ1n) is 8.34. The van der Waals surface area contributed by atoms with Crippen LogP contribution < -0.4 is 9.57 Å². The Morgan fingerprint density at radius 2 is 1.59 bits per heavy atom. The zero-order valence-corrected chi connectivity index (χ0v) is 16.0. The number of ether oxygens (including phenoxy) is 1. The maximum Gasteiger partial charge on any atom is 0.176 e. The lowest BCUT2D eigenvalue weighted by atomic mass is 10.2.